The lowest BCUT2D eigenvalue weighted by Gasteiger charge is -2.19. The van der Waals surface area contributed by atoms with Crippen LogP contribution in [-0.2, 0) is 45.5 Å². The predicted octanol–water partition coefficient (Wildman–Crippen LogP) is 9.79. The highest BCUT2D eigenvalue weighted by Gasteiger charge is 2.26. The van der Waals surface area contributed by atoms with Crippen molar-refractivity contribution in [1.82, 2.24) is 0 Å². The summed E-state index contributed by atoms with van der Waals surface area (Å²) in [5, 5.41) is 10.0. The standard InChI is InChI=1S/C43H72NO10P/c1-5-7-8-9-16-21-27-38(45)28-22-17-12-10-11-13-20-25-31-43(47)53-39(35-52-55(48,49)51-33-32-44)34-50-42(46)30-24-19-15-14-18-23-29-41-37(4)36(3)40(54-41)26-6-2/h11-13,16-17,21-22,28,38-39,45H,5-10,14-15,18-20,23-27,29-35,44H2,1-4H3,(H,48,49)/b13-11-,17-12-,21-16-,28-22+/t38-,39+/m0/s1. The van der Waals surface area contributed by atoms with Crippen LogP contribution in [0.1, 0.15) is 146 Å². The fourth-order valence-electron chi connectivity index (χ4n) is 5.64. The molecule has 314 valence electrons. The summed E-state index contributed by atoms with van der Waals surface area (Å²) >= 11 is 0. The molecule has 0 amide bonds. The van der Waals surface area contributed by atoms with Crippen molar-refractivity contribution in [3.63, 3.8) is 0 Å². The van der Waals surface area contributed by atoms with Gasteiger partial charge in [-0.15, -0.1) is 0 Å². The van der Waals surface area contributed by atoms with E-state index in [4.69, 9.17) is 28.7 Å². The Labute approximate surface area is 331 Å². The molecule has 1 aromatic heterocycles. The lowest BCUT2D eigenvalue weighted by atomic mass is 10.0. The minimum Gasteiger partial charge on any atom is -0.466 e. The number of aryl methyl sites for hydroxylation is 2. The van der Waals surface area contributed by atoms with E-state index in [-0.39, 0.29) is 32.6 Å². The number of carbonyl (C=O) groups is 2. The summed E-state index contributed by atoms with van der Waals surface area (Å²) in [7, 11) is -4.42. The average molecular weight is 794 g/mol. The molecular weight excluding hydrogens is 721 g/mol. The molecule has 0 spiro atoms. The van der Waals surface area contributed by atoms with Crippen molar-refractivity contribution in [2.24, 2.45) is 5.73 Å². The predicted molar refractivity (Wildman–Crippen MR) is 220 cm³/mol. The second kappa shape index (κ2) is 32.3. The Morgan fingerprint density at radius 2 is 1.44 bits per heavy atom. The molecule has 0 bridgehead atoms. The highest BCUT2D eigenvalue weighted by molar-refractivity contribution is 7.47. The van der Waals surface area contributed by atoms with Crippen LogP contribution in [0.25, 0.3) is 0 Å². The van der Waals surface area contributed by atoms with Crippen molar-refractivity contribution in [1.29, 1.82) is 0 Å². The monoisotopic (exact) mass is 793 g/mol. The molecule has 0 saturated heterocycles. The number of allylic oxidation sites excluding steroid dienone is 6. The van der Waals surface area contributed by atoms with Gasteiger partial charge >= 0.3 is 19.8 Å². The summed E-state index contributed by atoms with van der Waals surface area (Å²) in [4.78, 5) is 34.9. The lowest BCUT2D eigenvalue weighted by molar-refractivity contribution is -0.161. The molecular formula is C43H72NO10P. The van der Waals surface area contributed by atoms with Gasteiger partial charge in [0, 0.05) is 32.2 Å². The molecule has 0 aliphatic heterocycles. The van der Waals surface area contributed by atoms with E-state index in [1.807, 2.05) is 36.5 Å². The maximum absolute atomic E-state index is 12.6. The summed E-state index contributed by atoms with van der Waals surface area (Å²) in [6.07, 6.45) is 30.4. The number of phosphoric ester groups is 1. The van der Waals surface area contributed by atoms with Gasteiger partial charge in [0.2, 0.25) is 0 Å². The van der Waals surface area contributed by atoms with Gasteiger partial charge in [0.05, 0.1) is 19.3 Å². The highest BCUT2D eigenvalue weighted by atomic mass is 31.2. The summed E-state index contributed by atoms with van der Waals surface area (Å²) < 4.78 is 38.8. The van der Waals surface area contributed by atoms with E-state index in [1.54, 1.807) is 6.08 Å². The maximum atomic E-state index is 12.6. The van der Waals surface area contributed by atoms with Crippen LogP contribution < -0.4 is 5.73 Å². The van der Waals surface area contributed by atoms with Gasteiger partial charge in [-0.3, -0.25) is 18.6 Å². The molecule has 0 aliphatic carbocycles. The zero-order chi connectivity index (χ0) is 40.6. The van der Waals surface area contributed by atoms with E-state index < -0.39 is 38.6 Å². The first-order chi connectivity index (χ1) is 26.5. The minimum atomic E-state index is -4.42. The number of esters is 2. The number of hydrogen-bond donors (Lipinski definition) is 3. The van der Waals surface area contributed by atoms with Crippen molar-refractivity contribution in [3.05, 3.63) is 71.3 Å². The number of phosphoric acid groups is 1. The summed E-state index contributed by atoms with van der Waals surface area (Å²) in [5.74, 6) is 1.25. The van der Waals surface area contributed by atoms with Crippen molar-refractivity contribution in [3.8, 4) is 0 Å². The average Bonchev–Trinajstić information content (AvgIpc) is 3.42. The van der Waals surface area contributed by atoms with Crippen molar-refractivity contribution in [2.75, 3.05) is 26.4 Å². The number of carbonyl (C=O) groups excluding carboxylic acids is 2. The van der Waals surface area contributed by atoms with Gasteiger partial charge in [0.1, 0.15) is 18.1 Å². The third-order valence-electron chi connectivity index (χ3n) is 8.97. The fraction of sp³-hybridized carbons (Fsp3) is 0.674. The third-order valence-corrected chi connectivity index (χ3v) is 9.96. The van der Waals surface area contributed by atoms with E-state index in [0.29, 0.717) is 32.1 Å². The Morgan fingerprint density at radius 3 is 2.16 bits per heavy atom. The van der Waals surface area contributed by atoms with Gasteiger partial charge < -0.3 is 29.6 Å². The van der Waals surface area contributed by atoms with E-state index in [0.717, 1.165) is 69.3 Å². The topological polar surface area (TPSA) is 168 Å². The third kappa shape index (κ3) is 26.7. The zero-order valence-electron chi connectivity index (χ0n) is 34.2. The van der Waals surface area contributed by atoms with Crippen molar-refractivity contribution < 1.29 is 47.1 Å². The minimum absolute atomic E-state index is 0.0253. The molecule has 0 fully saturated rings. The molecule has 4 N–H and O–H groups in total. The second-order valence-corrected chi connectivity index (χ2v) is 15.4. The summed E-state index contributed by atoms with van der Waals surface area (Å²) in [6.45, 7) is 7.67. The molecule has 1 rings (SSSR count). The molecule has 0 aromatic carbocycles. The maximum Gasteiger partial charge on any atom is 0.472 e. The van der Waals surface area contributed by atoms with E-state index in [2.05, 4.69) is 33.8 Å². The number of aliphatic hydroxyl groups is 1. The molecule has 1 aromatic rings. The van der Waals surface area contributed by atoms with Crippen LogP contribution in [0.4, 0.5) is 0 Å². The van der Waals surface area contributed by atoms with Gasteiger partial charge in [0.25, 0.3) is 0 Å². The van der Waals surface area contributed by atoms with Gasteiger partial charge in [-0.2, -0.15) is 0 Å². The van der Waals surface area contributed by atoms with Crippen LogP contribution in [0.5, 0.6) is 0 Å². The molecule has 1 heterocycles. The molecule has 55 heavy (non-hydrogen) atoms. The normalized spacial score (nSPS) is 14.4. The number of rotatable bonds is 34. The van der Waals surface area contributed by atoms with Crippen LogP contribution in [-0.4, -0.2) is 60.5 Å². The van der Waals surface area contributed by atoms with Crippen molar-refractivity contribution >= 4 is 19.8 Å². The van der Waals surface area contributed by atoms with Gasteiger partial charge in [-0.05, 0) is 82.8 Å². The first kappa shape index (κ1) is 50.2. The van der Waals surface area contributed by atoms with Crippen molar-refractivity contribution in [2.45, 2.75) is 162 Å². The van der Waals surface area contributed by atoms with E-state index >= 15 is 0 Å². The van der Waals surface area contributed by atoms with Crippen LogP contribution in [0.15, 0.2) is 53.0 Å². The Bertz CT molecular complexity index is 1330. The Morgan fingerprint density at radius 1 is 0.764 bits per heavy atom. The molecule has 3 atom stereocenters. The first-order valence-corrected chi connectivity index (χ1v) is 22.1. The molecule has 12 heteroatoms. The summed E-state index contributed by atoms with van der Waals surface area (Å²) in [6, 6.07) is 0. The molecule has 0 aliphatic rings. The van der Waals surface area contributed by atoms with Crippen LogP contribution >= 0.6 is 7.82 Å². The molecule has 0 saturated carbocycles. The Kier molecular flexibility index (Phi) is 29.5. The Balaban J connectivity index is 2.36. The molecule has 0 radical (unpaired) electrons. The van der Waals surface area contributed by atoms with E-state index in [1.165, 1.54) is 30.4 Å². The molecule has 1 unspecified atom stereocenters. The zero-order valence-corrected chi connectivity index (χ0v) is 35.1. The number of nitrogens with two attached hydrogens (primary N) is 1. The quantitative estimate of drug-likeness (QED) is 0.0200. The highest BCUT2D eigenvalue weighted by Crippen LogP contribution is 2.43. The SMILES string of the molecule is CCCCC/C=C\C[C@H](O)/C=C/C=C\C/C=C\CCCC(=O)O[C@H](COC(=O)CCCCCCCCc1oc(CCC)c(C)c1C)COP(=O)(O)OCCN. The number of unbranched alkanes of at least 4 members (excludes halogenated alkanes) is 9. The number of aliphatic hydroxyl groups excluding tert-OH is 1. The summed E-state index contributed by atoms with van der Waals surface area (Å²) in [5.41, 5.74) is 7.89. The lowest BCUT2D eigenvalue weighted by Crippen LogP contribution is -2.29. The number of hydrogen-bond acceptors (Lipinski definition) is 10. The van der Waals surface area contributed by atoms with Gasteiger partial charge in [0.15, 0.2) is 6.10 Å². The first-order valence-electron chi connectivity index (χ1n) is 20.6. The fourth-order valence-corrected chi connectivity index (χ4v) is 6.40. The van der Waals surface area contributed by atoms with Crippen LogP contribution in [0.2, 0.25) is 0 Å². The molecule has 11 nitrogen and oxygen atoms in total. The van der Waals surface area contributed by atoms with Crippen LogP contribution in [0, 0.1) is 13.8 Å². The number of ether oxygens (including phenoxy) is 2. The smallest absolute Gasteiger partial charge is 0.466 e. The van der Waals surface area contributed by atoms with Crippen LogP contribution in [0.3, 0.4) is 0 Å². The second-order valence-electron chi connectivity index (χ2n) is 13.9. The van der Waals surface area contributed by atoms with Gasteiger partial charge in [-0.1, -0.05) is 101 Å². The Hall–Kier alpha value is -2.79. The largest absolute Gasteiger partial charge is 0.472 e. The number of furan rings is 1. The van der Waals surface area contributed by atoms with E-state index in [9.17, 15) is 24.2 Å². The van der Waals surface area contributed by atoms with Gasteiger partial charge in [-0.25, -0.2) is 4.57 Å².